The van der Waals surface area contributed by atoms with Crippen LogP contribution in [0.4, 0.5) is 18.9 Å². The zero-order valence-corrected chi connectivity index (χ0v) is 15.5. The molecule has 0 bridgehead atoms. The van der Waals surface area contributed by atoms with E-state index in [1.54, 1.807) is 24.3 Å². The van der Waals surface area contributed by atoms with Gasteiger partial charge in [0.2, 0.25) is 0 Å². The minimum atomic E-state index is -4.58. The molecule has 2 aromatic carbocycles. The number of halogens is 5. The second-order valence-corrected chi connectivity index (χ2v) is 6.46. The van der Waals surface area contributed by atoms with Gasteiger partial charge in [-0.15, -0.1) is 0 Å². The minimum Gasteiger partial charge on any atom is -0.452 e. The van der Waals surface area contributed by atoms with Crippen LogP contribution in [-0.4, -0.2) is 18.0 Å². The number of carbonyl (C=O) groups excluding carboxylic acids is 2. The van der Waals surface area contributed by atoms with Crippen LogP contribution in [0.3, 0.4) is 0 Å². The molecule has 1 amide bonds. The maximum atomic E-state index is 12.8. The molecule has 0 aliphatic heterocycles. The lowest BCUT2D eigenvalue weighted by molar-refractivity contribution is -0.152. The lowest BCUT2D eigenvalue weighted by Crippen LogP contribution is -2.30. The van der Waals surface area contributed by atoms with Gasteiger partial charge in [0, 0.05) is 5.02 Å². The molecule has 1 atom stereocenters. The van der Waals surface area contributed by atoms with Crippen molar-refractivity contribution in [3.63, 3.8) is 0 Å². The van der Waals surface area contributed by atoms with E-state index in [-0.39, 0.29) is 17.1 Å². The predicted molar refractivity (Wildman–Crippen MR) is 95.8 cm³/mol. The number of alkyl halides is 3. The van der Waals surface area contributed by atoms with Crippen molar-refractivity contribution in [2.75, 3.05) is 5.32 Å². The molecule has 1 unspecified atom stereocenters. The Morgan fingerprint density at radius 2 is 1.74 bits per heavy atom. The summed E-state index contributed by atoms with van der Waals surface area (Å²) in [5.74, 6) is -1.48. The summed E-state index contributed by atoms with van der Waals surface area (Å²) < 4.78 is 43.3. The second-order valence-electron chi connectivity index (χ2n) is 5.62. The van der Waals surface area contributed by atoms with Gasteiger partial charge in [-0.3, -0.25) is 9.59 Å². The minimum absolute atomic E-state index is 0.0731. The van der Waals surface area contributed by atoms with Crippen molar-refractivity contribution in [2.24, 2.45) is 0 Å². The Hall–Kier alpha value is -2.25. The number of anilines is 1. The predicted octanol–water partition coefficient (Wildman–Crippen LogP) is 5.13. The van der Waals surface area contributed by atoms with Crippen molar-refractivity contribution in [1.82, 2.24) is 0 Å². The maximum Gasteiger partial charge on any atom is 0.416 e. The molecule has 0 aromatic heterocycles. The standard InChI is InChI=1S/C18H14Cl2F3NO3/c1-10(27-16(25)8-11-2-5-13(19)6-3-11)17(26)24-15-9-12(18(21,22)23)4-7-14(15)20/h2-7,9-10H,8H2,1H3,(H,24,26). The Morgan fingerprint density at radius 3 is 2.33 bits per heavy atom. The molecule has 27 heavy (non-hydrogen) atoms. The summed E-state index contributed by atoms with van der Waals surface area (Å²) in [5.41, 5.74) is -0.551. The van der Waals surface area contributed by atoms with E-state index in [2.05, 4.69) is 5.32 Å². The summed E-state index contributed by atoms with van der Waals surface area (Å²) in [7, 11) is 0. The number of benzene rings is 2. The second kappa shape index (κ2) is 8.63. The van der Waals surface area contributed by atoms with Gasteiger partial charge in [0.1, 0.15) is 0 Å². The van der Waals surface area contributed by atoms with Crippen molar-refractivity contribution in [1.29, 1.82) is 0 Å². The molecule has 144 valence electrons. The topological polar surface area (TPSA) is 55.4 Å². The molecule has 9 heteroatoms. The number of nitrogens with one attached hydrogen (secondary N) is 1. The first-order chi connectivity index (χ1) is 12.6. The van der Waals surface area contributed by atoms with Gasteiger partial charge in [-0.2, -0.15) is 13.2 Å². The van der Waals surface area contributed by atoms with Gasteiger partial charge in [-0.05, 0) is 42.8 Å². The molecule has 0 aliphatic carbocycles. The highest BCUT2D eigenvalue weighted by Crippen LogP contribution is 2.33. The number of esters is 1. The summed E-state index contributed by atoms with van der Waals surface area (Å²) in [4.78, 5) is 24.0. The average Bonchev–Trinajstić information content (AvgIpc) is 2.57. The summed E-state index contributed by atoms with van der Waals surface area (Å²) in [5, 5.41) is 2.67. The molecule has 0 heterocycles. The molecule has 0 saturated carbocycles. The van der Waals surface area contributed by atoms with Crippen molar-refractivity contribution < 1.29 is 27.5 Å². The Labute approximate surface area is 163 Å². The van der Waals surface area contributed by atoms with E-state index in [4.69, 9.17) is 27.9 Å². The third kappa shape index (κ3) is 6.15. The fourth-order valence-corrected chi connectivity index (χ4v) is 2.38. The quantitative estimate of drug-likeness (QED) is 0.683. The van der Waals surface area contributed by atoms with E-state index in [9.17, 15) is 22.8 Å². The third-order valence-electron chi connectivity index (χ3n) is 3.49. The monoisotopic (exact) mass is 419 g/mol. The van der Waals surface area contributed by atoms with E-state index in [1.165, 1.54) is 6.92 Å². The number of hydrogen-bond donors (Lipinski definition) is 1. The lowest BCUT2D eigenvalue weighted by Gasteiger charge is -2.15. The smallest absolute Gasteiger partial charge is 0.416 e. The van der Waals surface area contributed by atoms with Crippen LogP contribution in [0.2, 0.25) is 10.0 Å². The maximum absolute atomic E-state index is 12.8. The molecule has 0 spiro atoms. The molecule has 0 saturated heterocycles. The highest BCUT2D eigenvalue weighted by molar-refractivity contribution is 6.33. The number of amides is 1. The molecule has 0 aliphatic rings. The van der Waals surface area contributed by atoms with Gasteiger partial charge in [0.15, 0.2) is 6.10 Å². The highest BCUT2D eigenvalue weighted by Gasteiger charge is 2.31. The van der Waals surface area contributed by atoms with Gasteiger partial charge in [-0.1, -0.05) is 35.3 Å². The van der Waals surface area contributed by atoms with Crippen LogP contribution in [0, 0.1) is 0 Å². The molecular weight excluding hydrogens is 406 g/mol. The van der Waals surface area contributed by atoms with Crippen molar-refractivity contribution in [2.45, 2.75) is 25.6 Å². The van der Waals surface area contributed by atoms with Gasteiger partial charge in [0.25, 0.3) is 5.91 Å². The fraction of sp³-hybridized carbons (Fsp3) is 0.222. The Bertz CT molecular complexity index is 839. The van der Waals surface area contributed by atoms with Crippen LogP contribution in [-0.2, 0) is 26.9 Å². The van der Waals surface area contributed by atoms with Gasteiger partial charge in [-0.25, -0.2) is 0 Å². The average molecular weight is 420 g/mol. The van der Waals surface area contributed by atoms with E-state index in [0.29, 0.717) is 16.7 Å². The van der Waals surface area contributed by atoms with E-state index < -0.39 is 29.7 Å². The van der Waals surface area contributed by atoms with Crippen LogP contribution in [0.1, 0.15) is 18.1 Å². The molecule has 4 nitrogen and oxygen atoms in total. The summed E-state index contributed by atoms with van der Waals surface area (Å²) in [6, 6.07) is 9.02. The van der Waals surface area contributed by atoms with Crippen molar-refractivity contribution in [3.05, 3.63) is 63.6 Å². The molecule has 2 aromatic rings. The highest BCUT2D eigenvalue weighted by atomic mass is 35.5. The van der Waals surface area contributed by atoms with Gasteiger partial charge >= 0.3 is 12.1 Å². The number of hydrogen-bond acceptors (Lipinski definition) is 3. The number of ether oxygens (including phenoxy) is 1. The van der Waals surface area contributed by atoms with E-state index >= 15 is 0 Å². The SMILES string of the molecule is CC(OC(=O)Cc1ccc(Cl)cc1)C(=O)Nc1cc(C(F)(F)F)ccc1Cl. The Morgan fingerprint density at radius 1 is 1.11 bits per heavy atom. The molecule has 0 fully saturated rings. The van der Waals surface area contributed by atoms with Crippen LogP contribution < -0.4 is 5.32 Å². The largest absolute Gasteiger partial charge is 0.452 e. The van der Waals surface area contributed by atoms with Crippen molar-refractivity contribution in [3.8, 4) is 0 Å². The summed E-state index contributed by atoms with van der Waals surface area (Å²) >= 11 is 11.6. The van der Waals surface area contributed by atoms with Gasteiger partial charge < -0.3 is 10.1 Å². The normalized spacial score (nSPS) is 12.4. The van der Waals surface area contributed by atoms with Gasteiger partial charge in [0.05, 0.1) is 22.7 Å². The van der Waals surface area contributed by atoms with Crippen molar-refractivity contribution >= 4 is 40.8 Å². The first kappa shape index (κ1) is 21.1. The first-order valence-corrected chi connectivity index (χ1v) is 8.43. The summed E-state index contributed by atoms with van der Waals surface area (Å²) in [6.45, 7) is 1.30. The number of carbonyl (C=O) groups is 2. The molecule has 0 radical (unpaired) electrons. The van der Waals surface area contributed by atoms with Crippen LogP contribution in [0.5, 0.6) is 0 Å². The lowest BCUT2D eigenvalue weighted by atomic mass is 10.1. The van der Waals surface area contributed by atoms with Crippen LogP contribution >= 0.6 is 23.2 Å². The van der Waals surface area contributed by atoms with Crippen LogP contribution in [0.25, 0.3) is 0 Å². The van der Waals surface area contributed by atoms with Crippen LogP contribution in [0.15, 0.2) is 42.5 Å². The molecule has 1 N–H and O–H groups in total. The summed E-state index contributed by atoms with van der Waals surface area (Å²) in [6.07, 6.45) is -5.89. The Kier molecular flexibility index (Phi) is 6.73. The Balaban J connectivity index is 1.99. The fourth-order valence-electron chi connectivity index (χ4n) is 2.09. The number of rotatable bonds is 5. The third-order valence-corrected chi connectivity index (χ3v) is 4.07. The van der Waals surface area contributed by atoms with E-state index in [1.807, 2.05) is 0 Å². The zero-order valence-electron chi connectivity index (χ0n) is 13.9. The first-order valence-electron chi connectivity index (χ1n) is 7.68. The molecule has 2 rings (SSSR count). The molecular formula is C18H14Cl2F3NO3. The van der Waals surface area contributed by atoms with E-state index in [0.717, 1.165) is 12.1 Å². The zero-order chi connectivity index (χ0) is 20.2.